The van der Waals surface area contributed by atoms with E-state index in [9.17, 15) is 29.8 Å². The van der Waals surface area contributed by atoms with Crippen molar-refractivity contribution in [2.45, 2.75) is 11.8 Å². The molecule has 0 bridgehead atoms. The maximum absolute atomic E-state index is 11.1. The van der Waals surface area contributed by atoms with Crippen LogP contribution in [0.15, 0.2) is 11.8 Å². The highest BCUT2D eigenvalue weighted by Gasteiger charge is 2.61. The molecule has 1 atom stereocenters. The minimum absolute atomic E-state index is 0.112. The lowest BCUT2D eigenvalue weighted by Gasteiger charge is -2.23. The van der Waals surface area contributed by atoms with Crippen LogP contribution in [0.4, 0.5) is 0 Å². The second-order valence-electron chi connectivity index (χ2n) is 2.93. The van der Waals surface area contributed by atoms with Gasteiger partial charge in [0, 0.05) is 4.92 Å². The highest BCUT2D eigenvalue weighted by molar-refractivity contribution is 6.12. The SMILES string of the molecule is O=C1C=C([N+](=O)[O-])C(=O)C(O)(O)C1[N+](=O)[O-]. The van der Waals surface area contributed by atoms with Crippen molar-refractivity contribution >= 4 is 11.6 Å². The van der Waals surface area contributed by atoms with Crippen molar-refractivity contribution in [3.8, 4) is 0 Å². The van der Waals surface area contributed by atoms with Crippen molar-refractivity contribution in [1.29, 1.82) is 0 Å². The van der Waals surface area contributed by atoms with Gasteiger partial charge in [0.2, 0.25) is 5.78 Å². The average Bonchev–Trinajstić information content (AvgIpc) is 2.09. The first-order valence-corrected chi connectivity index (χ1v) is 3.72. The van der Waals surface area contributed by atoms with Gasteiger partial charge >= 0.3 is 17.5 Å². The van der Waals surface area contributed by atoms with Gasteiger partial charge in [-0.25, -0.2) is 0 Å². The minimum Gasteiger partial charge on any atom is -0.354 e. The Balaban J connectivity index is 3.36. The molecule has 0 aromatic rings. The van der Waals surface area contributed by atoms with Gasteiger partial charge < -0.3 is 10.2 Å². The molecule has 0 amide bonds. The Morgan fingerprint density at radius 3 is 2.12 bits per heavy atom. The van der Waals surface area contributed by atoms with Gasteiger partial charge in [-0.2, -0.15) is 0 Å². The zero-order valence-corrected chi connectivity index (χ0v) is 7.39. The van der Waals surface area contributed by atoms with Crippen LogP contribution in [0.5, 0.6) is 0 Å². The molecule has 1 aliphatic rings. The molecule has 0 fully saturated rings. The van der Waals surface area contributed by atoms with Crippen LogP contribution >= 0.6 is 0 Å². The van der Waals surface area contributed by atoms with Crippen molar-refractivity contribution < 1.29 is 29.6 Å². The summed E-state index contributed by atoms with van der Waals surface area (Å²) in [7, 11) is 0. The summed E-state index contributed by atoms with van der Waals surface area (Å²) in [5, 5.41) is 38.7. The molecule has 16 heavy (non-hydrogen) atoms. The molecule has 0 spiro atoms. The Hall–Kier alpha value is -2.20. The minimum atomic E-state index is -3.70. The summed E-state index contributed by atoms with van der Waals surface area (Å²) in [4.78, 5) is 39.9. The van der Waals surface area contributed by atoms with Gasteiger partial charge in [0.1, 0.15) is 0 Å². The van der Waals surface area contributed by atoms with Crippen LogP contribution in [0.25, 0.3) is 0 Å². The lowest BCUT2D eigenvalue weighted by molar-refractivity contribution is -0.541. The quantitative estimate of drug-likeness (QED) is 0.303. The molecule has 0 heterocycles. The third kappa shape index (κ3) is 1.55. The van der Waals surface area contributed by atoms with E-state index in [1.54, 1.807) is 0 Å². The first-order valence-electron chi connectivity index (χ1n) is 3.72. The van der Waals surface area contributed by atoms with E-state index in [0.717, 1.165) is 0 Å². The number of rotatable bonds is 2. The molecular weight excluding hydrogens is 228 g/mol. The van der Waals surface area contributed by atoms with Crippen LogP contribution in [-0.2, 0) is 9.59 Å². The maximum Gasteiger partial charge on any atom is 0.335 e. The number of aliphatic hydroxyl groups is 2. The lowest BCUT2D eigenvalue weighted by Crippen LogP contribution is -2.60. The van der Waals surface area contributed by atoms with Crippen molar-refractivity contribution in [2.24, 2.45) is 0 Å². The molecular formula is C6H4N2O8. The maximum atomic E-state index is 11.1. The predicted octanol–water partition coefficient (Wildman–Crippen LogP) is -2.38. The summed E-state index contributed by atoms with van der Waals surface area (Å²) in [6.45, 7) is 0. The van der Waals surface area contributed by atoms with Crippen LogP contribution in [0.1, 0.15) is 0 Å². The number of Topliss-reactive ketones (excluding diaryl/α,β-unsaturated/α-hetero) is 1. The molecule has 86 valence electrons. The smallest absolute Gasteiger partial charge is 0.335 e. The second kappa shape index (κ2) is 3.43. The van der Waals surface area contributed by atoms with E-state index in [4.69, 9.17) is 10.2 Å². The number of nitro groups is 2. The number of nitrogens with zero attached hydrogens (tertiary/aromatic N) is 2. The Bertz CT molecular complexity index is 436. The molecule has 0 saturated heterocycles. The first-order chi connectivity index (χ1) is 7.19. The largest absolute Gasteiger partial charge is 0.354 e. The van der Waals surface area contributed by atoms with Crippen LogP contribution < -0.4 is 0 Å². The van der Waals surface area contributed by atoms with E-state index >= 15 is 0 Å². The Kier molecular flexibility index (Phi) is 2.54. The fraction of sp³-hybridized carbons (Fsp3) is 0.333. The number of carbonyl (C=O) groups is 2. The number of hydrogen-bond acceptors (Lipinski definition) is 8. The van der Waals surface area contributed by atoms with E-state index in [1.165, 1.54) is 0 Å². The molecule has 1 aliphatic carbocycles. The average molecular weight is 232 g/mol. The van der Waals surface area contributed by atoms with Gasteiger partial charge in [-0.05, 0) is 0 Å². The zero-order chi connectivity index (χ0) is 12.7. The Labute approximate surface area is 86.1 Å². The van der Waals surface area contributed by atoms with Crippen molar-refractivity contribution in [2.75, 3.05) is 0 Å². The second-order valence-corrected chi connectivity index (χ2v) is 2.93. The third-order valence-electron chi connectivity index (χ3n) is 1.90. The van der Waals surface area contributed by atoms with E-state index < -0.39 is 38.9 Å². The van der Waals surface area contributed by atoms with E-state index in [1.807, 2.05) is 0 Å². The molecule has 0 aromatic heterocycles. The van der Waals surface area contributed by atoms with Crippen molar-refractivity contribution in [3.63, 3.8) is 0 Å². The van der Waals surface area contributed by atoms with Gasteiger partial charge in [-0.15, -0.1) is 0 Å². The Morgan fingerprint density at radius 2 is 1.75 bits per heavy atom. The summed E-state index contributed by atoms with van der Waals surface area (Å²) in [6.07, 6.45) is 0.112. The monoisotopic (exact) mass is 232 g/mol. The normalized spacial score (nSPS) is 23.9. The molecule has 1 rings (SSSR count). The summed E-state index contributed by atoms with van der Waals surface area (Å²) < 4.78 is 0. The summed E-state index contributed by atoms with van der Waals surface area (Å²) in [5.74, 6) is -7.11. The summed E-state index contributed by atoms with van der Waals surface area (Å²) >= 11 is 0. The molecule has 0 saturated carbocycles. The molecule has 0 aliphatic heterocycles. The van der Waals surface area contributed by atoms with Gasteiger partial charge in [0.05, 0.1) is 11.0 Å². The van der Waals surface area contributed by atoms with Crippen molar-refractivity contribution in [3.05, 3.63) is 32.0 Å². The number of hydrogen-bond donors (Lipinski definition) is 2. The highest BCUT2D eigenvalue weighted by atomic mass is 16.6. The van der Waals surface area contributed by atoms with Gasteiger partial charge in [0.25, 0.3) is 5.78 Å². The van der Waals surface area contributed by atoms with Crippen LogP contribution in [0, 0.1) is 20.2 Å². The molecule has 0 radical (unpaired) electrons. The first kappa shape index (κ1) is 11.9. The fourth-order valence-corrected chi connectivity index (χ4v) is 1.18. The summed E-state index contributed by atoms with van der Waals surface area (Å²) in [5.41, 5.74) is -1.40. The van der Waals surface area contributed by atoms with Crippen LogP contribution in [-0.4, -0.2) is 43.5 Å². The van der Waals surface area contributed by atoms with E-state index in [0.29, 0.717) is 0 Å². The van der Waals surface area contributed by atoms with Crippen LogP contribution in [0.3, 0.4) is 0 Å². The number of carbonyl (C=O) groups excluding carboxylic acids is 2. The van der Waals surface area contributed by atoms with Crippen LogP contribution in [0.2, 0.25) is 0 Å². The third-order valence-corrected chi connectivity index (χ3v) is 1.90. The van der Waals surface area contributed by atoms with Gasteiger partial charge in [0.15, 0.2) is 0 Å². The highest BCUT2D eigenvalue weighted by Crippen LogP contribution is 2.23. The molecule has 1 unspecified atom stereocenters. The number of ketones is 2. The zero-order valence-electron chi connectivity index (χ0n) is 7.39. The predicted molar refractivity (Wildman–Crippen MR) is 43.0 cm³/mol. The van der Waals surface area contributed by atoms with Crippen molar-refractivity contribution in [1.82, 2.24) is 0 Å². The van der Waals surface area contributed by atoms with E-state index in [-0.39, 0.29) is 6.08 Å². The molecule has 2 N–H and O–H groups in total. The van der Waals surface area contributed by atoms with Gasteiger partial charge in [-0.3, -0.25) is 29.8 Å². The molecule has 10 nitrogen and oxygen atoms in total. The van der Waals surface area contributed by atoms with Gasteiger partial charge in [-0.1, -0.05) is 0 Å². The topological polar surface area (TPSA) is 161 Å². The fourth-order valence-electron chi connectivity index (χ4n) is 1.18. The van der Waals surface area contributed by atoms with E-state index in [2.05, 4.69) is 0 Å². The molecule has 10 heteroatoms. The lowest BCUT2D eigenvalue weighted by atomic mass is 9.91. The Morgan fingerprint density at radius 1 is 1.25 bits per heavy atom. The molecule has 0 aromatic carbocycles. The standard InChI is InChI=1S/C6H4N2O8/c9-3-1-2(7(13)14)5(10)6(11,12)4(3)8(15)16/h1,4,11-12H. The summed E-state index contributed by atoms with van der Waals surface area (Å²) in [6, 6.07) is -2.65.